The van der Waals surface area contributed by atoms with Gasteiger partial charge in [0.1, 0.15) is 10.6 Å². The topological polar surface area (TPSA) is 127 Å². The third-order valence-electron chi connectivity index (χ3n) is 3.03. The lowest BCUT2D eigenvalue weighted by Crippen LogP contribution is -2.21. The largest absolute Gasteiger partial charge is 0.344 e. The number of aromatic nitrogens is 5. The fraction of sp³-hybridized carbons (Fsp3) is 0.214. The molecular formula is C14H13N7O3S. The first-order chi connectivity index (χ1) is 12.0. The molecule has 0 aromatic carbocycles. The average Bonchev–Trinajstić information content (AvgIpc) is 3.22. The number of carbonyl (C=O) groups is 2. The first-order valence-electron chi connectivity index (χ1n) is 7.06. The zero-order chi connectivity index (χ0) is 18.0. The minimum atomic E-state index is -0.625. The van der Waals surface area contributed by atoms with E-state index >= 15 is 0 Å². The van der Waals surface area contributed by atoms with E-state index in [0.29, 0.717) is 16.3 Å². The summed E-state index contributed by atoms with van der Waals surface area (Å²) in [5, 5.41) is 6.51. The molecule has 0 unspecified atom stereocenters. The van der Waals surface area contributed by atoms with Crippen molar-refractivity contribution in [2.24, 2.45) is 0 Å². The average molecular weight is 359 g/mol. The van der Waals surface area contributed by atoms with E-state index in [1.807, 2.05) is 0 Å². The maximum Gasteiger partial charge on any atom is 0.316 e. The summed E-state index contributed by atoms with van der Waals surface area (Å²) in [5.41, 5.74) is 0.916. The highest BCUT2D eigenvalue weighted by molar-refractivity contribution is 7.17. The molecule has 10 nitrogen and oxygen atoms in total. The van der Waals surface area contributed by atoms with E-state index < -0.39 is 5.91 Å². The molecule has 3 heterocycles. The van der Waals surface area contributed by atoms with Crippen LogP contribution in [0.5, 0.6) is 0 Å². The minimum Gasteiger partial charge on any atom is -0.344 e. The number of hydrogen-bond donors (Lipinski definition) is 1. The van der Waals surface area contributed by atoms with E-state index in [0.717, 1.165) is 11.3 Å². The molecular weight excluding hydrogens is 346 g/mol. The van der Waals surface area contributed by atoms with Crippen LogP contribution in [0.2, 0.25) is 0 Å². The summed E-state index contributed by atoms with van der Waals surface area (Å²) in [6.07, 6.45) is 4.44. The summed E-state index contributed by atoms with van der Waals surface area (Å²) in [7, 11) is 3.29. The van der Waals surface area contributed by atoms with E-state index in [4.69, 9.17) is 4.52 Å². The van der Waals surface area contributed by atoms with Crippen LogP contribution in [0, 0.1) is 6.92 Å². The lowest BCUT2D eigenvalue weighted by atomic mass is 10.3. The van der Waals surface area contributed by atoms with Crippen molar-refractivity contribution < 1.29 is 14.1 Å². The highest BCUT2D eigenvalue weighted by atomic mass is 32.1. The maximum absolute atomic E-state index is 12.2. The summed E-state index contributed by atoms with van der Waals surface area (Å²) in [5.74, 6) is -0.899. The van der Waals surface area contributed by atoms with Gasteiger partial charge in [0, 0.05) is 26.5 Å². The molecule has 0 spiro atoms. The standard InChI is InChI=1S/C14H13N7O3S/c1-7-9(13(23)21(2)3)25-14(17-7)19-11(22)12-18-10(20-24-12)8-6-15-4-5-16-8/h4-6H,1-3H3,(H,17,19,22). The summed E-state index contributed by atoms with van der Waals surface area (Å²) < 4.78 is 4.94. The van der Waals surface area contributed by atoms with Crippen molar-refractivity contribution in [1.82, 2.24) is 30.0 Å². The number of nitrogens with zero attached hydrogens (tertiary/aromatic N) is 6. The summed E-state index contributed by atoms with van der Waals surface area (Å²) in [6.45, 7) is 1.70. The van der Waals surface area contributed by atoms with Gasteiger partial charge in [-0.25, -0.2) is 9.97 Å². The second kappa shape index (κ2) is 6.73. The Bertz CT molecular complexity index is 920. The predicted octanol–water partition coefficient (Wildman–Crippen LogP) is 1.25. The van der Waals surface area contributed by atoms with E-state index in [9.17, 15) is 9.59 Å². The number of hydrogen-bond acceptors (Lipinski definition) is 9. The Balaban J connectivity index is 1.76. The molecule has 2 amide bonds. The summed E-state index contributed by atoms with van der Waals surface area (Å²) in [4.78, 5) is 42.2. The molecule has 0 aliphatic heterocycles. The third kappa shape index (κ3) is 3.50. The van der Waals surface area contributed by atoms with Crippen molar-refractivity contribution in [3.63, 3.8) is 0 Å². The molecule has 0 saturated heterocycles. The van der Waals surface area contributed by atoms with Gasteiger partial charge in [0.25, 0.3) is 5.91 Å². The van der Waals surface area contributed by atoms with Gasteiger partial charge in [-0.1, -0.05) is 16.5 Å². The van der Waals surface area contributed by atoms with Gasteiger partial charge in [-0.05, 0) is 6.92 Å². The summed E-state index contributed by atoms with van der Waals surface area (Å²) >= 11 is 1.08. The Morgan fingerprint density at radius 3 is 2.72 bits per heavy atom. The zero-order valence-electron chi connectivity index (χ0n) is 13.5. The molecule has 0 fully saturated rings. The van der Waals surface area contributed by atoms with E-state index in [1.165, 1.54) is 23.5 Å². The smallest absolute Gasteiger partial charge is 0.316 e. The molecule has 0 aliphatic carbocycles. The molecule has 25 heavy (non-hydrogen) atoms. The zero-order valence-corrected chi connectivity index (χ0v) is 14.4. The van der Waals surface area contributed by atoms with Crippen molar-refractivity contribution in [3.8, 4) is 11.5 Å². The molecule has 0 aliphatic rings. The number of amides is 2. The fourth-order valence-corrected chi connectivity index (χ4v) is 2.82. The highest BCUT2D eigenvalue weighted by Gasteiger charge is 2.21. The first-order valence-corrected chi connectivity index (χ1v) is 7.88. The number of aryl methyl sites for hydroxylation is 1. The lowest BCUT2D eigenvalue weighted by Gasteiger charge is -2.07. The van der Waals surface area contributed by atoms with Crippen molar-refractivity contribution in [1.29, 1.82) is 0 Å². The molecule has 0 bridgehead atoms. The predicted molar refractivity (Wildman–Crippen MR) is 88.1 cm³/mol. The van der Waals surface area contributed by atoms with Crippen LogP contribution >= 0.6 is 11.3 Å². The van der Waals surface area contributed by atoms with Crippen LogP contribution < -0.4 is 5.32 Å². The van der Waals surface area contributed by atoms with Crippen LogP contribution in [0.1, 0.15) is 26.1 Å². The Labute approximate surface area is 145 Å². The number of rotatable bonds is 4. The Morgan fingerprint density at radius 2 is 2.04 bits per heavy atom. The van der Waals surface area contributed by atoms with Crippen molar-refractivity contribution in [2.45, 2.75) is 6.92 Å². The molecule has 11 heteroatoms. The van der Waals surface area contributed by atoms with Crippen LogP contribution in [-0.2, 0) is 0 Å². The van der Waals surface area contributed by atoms with Crippen LogP contribution in [0.4, 0.5) is 5.13 Å². The van der Waals surface area contributed by atoms with Crippen molar-refractivity contribution >= 4 is 28.3 Å². The van der Waals surface area contributed by atoms with Gasteiger partial charge in [0.15, 0.2) is 5.13 Å². The van der Waals surface area contributed by atoms with Crippen molar-refractivity contribution in [3.05, 3.63) is 35.1 Å². The minimum absolute atomic E-state index is 0.150. The fourth-order valence-electron chi connectivity index (χ4n) is 1.84. The van der Waals surface area contributed by atoms with Crippen molar-refractivity contribution in [2.75, 3.05) is 19.4 Å². The molecule has 128 valence electrons. The van der Waals surface area contributed by atoms with Gasteiger partial charge in [-0.3, -0.25) is 19.9 Å². The molecule has 1 N–H and O–H groups in total. The van der Waals surface area contributed by atoms with Gasteiger partial charge in [0.2, 0.25) is 5.82 Å². The lowest BCUT2D eigenvalue weighted by molar-refractivity contribution is 0.0831. The first kappa shape index (κ1) is 16.6. The second-order valence-electron chi connectivity index (χ2n) is 5.10. The highest BCUT2D eigenvalue weighted by Crippen LogP contribution is 2.24. The van der Waals surface area contributed by atoms with Crippen LogP contribution in [0.3, 0.4) is 0 Å². The quantitative estimate of drug-likeness (QED) is 0.737. The molecule has 0 saturated carbocycles. The Kier molecular flexibility index (Phi) is 4.48. The Hall–Kier alpha value is -3.21. The number of carbonyl (C=O) groups excluding carboxylic acids is 2. The van der Waals surface area contributed by atoms with E-state index in [-0.39, 0.29) is 22.8 Å². The van der Waals surface area contributed by atoms with Gasteiger partial charge >= 0.3 is 11.8 Å². The molecule has 3 aromatic rings. The van der Waals surface area contributed by atoms with Gasteiger partial charge in [-0.2, -0.15) is 4.98 Å². The van der Waals surface area contributed by atoms with Crippen LogP contribution in [0.15, 0.2) is 23.1 Å². The van der Waals surface area contributed by atoms with Crippen LogP contribution in [0.25, 0.3) is 11.5 Å². The van der Waals surface area contributed by atoms with Crippen LogP contribution in [-0.4, -0.2) is 55.9 Å². The maximum atomic E-state index is 12.2. The molecule has 3 rings (SSSR count). The molecule has 3 aromatic heterocycles. The van der Waals surface area contributed by atoms with E-state index in [2.05, 4.69) is 30.4 Å². The third-order valence-corrected chi connectivity index (χ3v) is 4.09. The summed E-state index contributed by atoms with van der Waals surface area (Å²) in [6, 6.07) is 0. The SMILES string of the molecule is Cc1nc(NC(=O)c2nc(-c3cnccn3)no2)sc1C(=O)N(C)C. The number of anilines is 1. The van der Waals surface area contributed by atoms with E-state index in [1.54, 1.807) is 21.0 Å². The van der Waals surface area contributed by atoms with Gasteiger partial charge < -0.3 is 9.42 Å². The normalized spacial score (nSPS) is 10.5. The number of thiazole rings is 1. The molecule has 0 atom stereocenters. The number of nitrogens with one attached hydrogen (secondary N) is 1. The van der Waals surface area contributed by atoms with Gasteiger partial charge in [-0.15, -0.1) is 0 Å². The second-order valence-corrected chi connectivity index (χ2v) is 6.10. The molecule has 0 radical (unpaired) electrons. The van der Waals surface area contributed by atoms with Gasteiger partial charge in [0.05, 0.1) is 11.9 Å². The Morgan fingerprint density at radius 1 is 1.24 bits per heavy atom. The monoisotopic (exact) mass is 359 g/mol.